The van der Waals surface area contributed by atoms with E-state index in [2.05, 4.69) is 10.1 Å². The zero-order valence-corrected chi connectivity index (χ0v) is 10.9. The number of aromatic hydroxyl groups is 1. The summed E-state index contributed by atoms with van der Waals surface area (Å²) in [7, 11) is 0. The fourth-order valence-corrected chi connectivity index (χ4v) is 1.55. The third-order valence-corrected chi connectivity index (χ3v) is 2.46. The zero-order chi connectivity index (χ0) is 16.2. The molecule has 0 aliphatic rings. The second kappa shape index (κ2) is 6.64. The van der Waals surface area contributed by atoms with Crippen LogP contribution < -0.4 is 10.1 Å². The molecule has 118 valence electrons. The number of phenolic OH excluding ortho intramolecular Hbond substituents is 1. The maximum atomic E-state index is 12.3. The number of hydrogen-bond donors (Lipinski definition) is 4. The minimum atomic E-state index is -4.99. The maximum Gasteiger partial charge on any atom is 0.573 e. The highest BCUT2D eigenvalue weighted by Gasteiger charge is 2.34. The molecular formula is C12H14F3NO5. The number of ether oxygens (including phenoxy) is 1. The van der Waals surface area contributed by atoms with E-state index in [1.807, 2.05) is 0 Å². The molecule has 2 unspecified atom stereocenters. The fraction of sp³-hybridized carbons (Fsp3) is 0.417. The van der Waals surface area contributed by atoms with Crippen LogP contribution in [-0.2, 0) is 4.79 Å². The van der Waals surface area contributed by atoms with Crippen LogP contribution >= 0.6 is 0 Å². The first-order valence-corrected chi connectivity index (χ1v) is 5.79. The van der Waals surface area contributed by atoms with E-state index < -0.39 is 41.5 Å². The number of rotatable bonds is 5. The lowest BCUT2D eigenvalue weighted by molar-refractivity contribution is -0.275. The number of carbonyl (C=O) groups excluding carboxylic acids is 1. The van der Waals surface area contributed by atoms with E-state index in [4.69, 9.17) is 0 Å². The van der Waals surface area contributed by atoms with Crippen molar-refractivity contribution in [2.24, 2.45) is 0 Å². The molecule has 0 fully saturated rings. The van der Waals surface area contributed by atoms with Crippen molar-refractivity contribution in [1.29, 1.82) is 0 Å². The van der Waals surface area contributed by atoms with E-state index in [-0.39, 0.29) is 6.54 Å². The van der Waals surface area contributed by atoms with Gasteiger partial charge in [0.25, 0.3) is 0 Å². The maximum absolute atomic E-state index is 12.3. The van der Waals surface area contributed by atoms with Gasteiger partial charge in [0.05, 0.1) is 0 Å². The summed E-state index contributed by atoms with van der Waals surface area (Å²) in [5, 5.41) is 31.0. The van der Waals surface area contributed by atoms with Gasteiger partial charge in [0.15, 0.2) is 0 Å². The Balaban J connectivity index is 2.98. The molecule has 0 bridgehead atoms. The van der Waals surface area contributed by atoms with Gasteiger partial charge in [0.2, 0.25) is 5.91 Å². The minimum Gasteiger partial charge on any atom is -0.508 e. The molecule has 4 N–H and O–H groups in total. The third-order valence-electron chi connectivity index (χ3n) is 2.46. The molecular weight excluding hydrogens is 295 g/mol. The highest BCUT2D eigenvalue weighted by molar-refractivity contribution is 5.72. The summed E-state index contributed by atoms with van der Waals surface area (Å²) in [6.07, 6.45) is -8.36. The second-order valence-electron chi connectivity index (χ2n) is 4.22. The van der Waals surface area contributed by atoms with Gasteiger partial charge in [0.1, 0.15) is 23.7 Å². The van der Waals surface area contributed by atoms with Gasteiger partial charge in [-0.3, -0.25) is 4.79 Å². The van der Waals surface area contributed by atoms with Crippen molar-refractivity contribution in [3.63, 3.8) is 0 Å². The molecule has 0 spiro atoms. The number of aliphatic hydroxyl groups is 2. The number of aliphatic hydroxyl groups excluding tert-OH is 2. The summed E-state index contributed by atoms with van der Waals surface area (Å²) in [6.45, 7) is 0.795. The van der Waals surface area contributed by atoms with Gasteiger partial charge >= 0.3 is 6.36 Å². The molecule has 0 aliphatic heterocycles. The Morgan fingerprint density at radius 1 is 1.38 bits per heavy atom. The Hall–Kier alpha value is -2.00. The lowest BCUT2D eigenvalue weighted by Gasteiger charge is -2.21. The lowest BCUT2D eigenvalue weighted by Crippen LogP contribution is -2.34. The molecule has 0 heterocycles. The summed E-state index contributed by atoms with van der Waals surface area (Å²) in [5.74, 6) is -1.65. The van der Waals surface area contributed by atoms with Crippen LogP contribution in [0.15, 0.2) is 18.2 Å². The van der Waals surface area contributed by atoms with Gasteiger partial charge in [-0.1, -0.05) is 0 Å². The highest BCUT2D eigenvalue weighted by Crippen LogP contribution is 2.34. The first-order valence-electron chi connectivity index (χ1n) is 5.79. The van der Waals surface area contributed by atoms with Crippen molar-refractivity contribution in [1.82, 2.24) is 5.32 Å². The molecule has 0 aliphatic carbocycles. The zero-order valence-electron chi connectivity index (χ0n) is 10.9. The molecule has 6 nitrogen and oxygen atoms in total. The average molecular weight is 309 g/mol. The molecule has 9 heteroatoms. The molecule has 1 amide bonds. The summed E-state index contributed by atoms with van der Waals surface area (Å²) >= 11 is 0. The standard InChI is InChI=1S/C12H14F3NO5/c1-6(17)16-5-9(19)11(20)8-4-7(18)2-3-10(8)21-12(13,14)15/h2-4,9,11,18-20H,5H2,1H3,(H,16,17). The molecule has 1 aromatic rings. The number of carbonyl (C=O) groups is 1. The molecule has 1 rings (SSSR count). The Labute approximate surface area is 117 Å². The Kier molecular flexibility index (Phi) is 5.39. The highest BCUT2D eigenvalue weighted by atomic mass is 19.4. The Morgan fingerprint density at radius 3 is 2.52 bits per heavy atom. The van der Waals surface area contributed by atoms with Gasteiger partial charge in [-0.15, -0.1) is 13.2 Å². The summed E-state index contributed by atoms with van der Waals surface area (Å²) in [5.41, 5.74) is -0.454. The number of halogens is 3. The lowest BCUT2D eigenvalue weighted by atomic mass is 10.0. The topological polar surface area (TPSA) is 99.0 Å². The molecule has 0 saturated heterocycles. The molecule has 21 heavy (non-hydrogen) atoms. The van der Waals surface area contributed by atoms with Crippen molar-refractivity contribution in [2.45, 2.75) is 25.5 Å². The van der Waals surface area contributed by atoms with Crippen LogP contribution in [-0.4, -0.2) is 40.2 Å². The van der Waals surface area contributed by atoms with Crippen molar-refractivity contribution >= 4 is 5.91 Å². The van der Waals surface area contributed by atoms with Gasteiger partial charge in [-0.2, -0.15) is 0 Å². The molecule has 2 atom stereocenters. The van der Waals surface area contributed by atoms with Crippen LogP contribution in [0.25, 0.3) is 0 Å². The van der Waals surface area contributed by atoms with Gasteiger partial charge in [-0.25, -0.2) is 0 Å². The van der Waals surface area contributed by atoms with Crippen LogP contribution in [0.3, 0.4) is 0 Å². The second-order valence-corrected chi connectivity index (χ2v) is 4.22. The van der Waals surface area contributed by atoms with Gasteiger partial charge < -0.3 is 25.4 Å². The number of nitrogens with one attached hydrogen (secondary N) is 1. The van der Waals surface area contributed by atoms with E-state index in [0.717, 1.165) is 18.2 Å². The normalized spacial score (nSPS) is 14.4. The molecule has 1 aromatic carbocycles. The van der Waals surface area contributed by atoms with Gasteiger partial charge in [0, 0.05) is 19.0 Å². The quantitative estimate of drug-likeness (QED) is 0.645. The van der Waals surface area contributed by atoms with Crippen LogP contribution in [0.4, 0.5) is 13.2 Å². The van der Waals surface area contributed by atoms with Crippen LogP contribution in [0.5, 0.6) is 11.5 Å². The fourth-order valence-electron chi connectivity index (χ4n) is 1.55. The summed E-state index contributed by atoms with van der Waals surface area (Å²) in [6, 6.07) is 2.59. The Bertz CT molecular complexity index is 506. The van der Waals surface area contributed by atoms with Crippen molar-refractivity contribution in [2.75, 3.05) is 6.54 Å². The van der Waals surface area contributed by atoms with E-state index in [0.29, 0.717) is 0 Å². The predicted octanol–water partition coefficient (Wildman–Crippen LogP) is 0.821. The van der Waals surface area contributed by atoms with Crippen molar-refractivity contribution in [3.8, 4) is 11.5 Å². The number of phenols is 1. The van der Waals surface area contributed by atoms with E-state index in [9.17, 15) is 33.3 Å². The van der Waals surface area contributed by atoms with Crippen molar-refractivity contribution < 1.29 is 38.0 Å². The molecule has 0 aromatic heterocycles. The predicted molar refractivity (Wildman–Crippen MR) is 64.4 cm³/mol. The average Bonchev–Trinajstić information content (AvgIpc) is 2.35. The summed E-state index contributed by atoms with van der Waals surface area (Å²) in [4.78, 5) is 10.7. The first-order chi connectivity index (χ1) is 9.60. The summed E-state index contributed by atoms with van der Waals surface area (Å²) < 4.78 is 40.5. The number of hydrogen-bond acceptors (Lipinski definition) is 5. The molecule has 0 saturated carbocycles. The largest absolute Gasteiger partial charge is 0.573 e. The van der Waals surface area contributed by atoms with Crippen molar-refractivity contribution in [3.05, 3.63) is 23.8 Å². The van der Waals surface area contributed by atoms with Crippen LogP contribution in [0.2, 0.25) is 0 Å². The SMILES string of the molecule is CC(=O)NCC(O)C(O)c1cc(O)ccc1OC(F)(F)F. The first kappa shape index (κ1) is 17.1. The molecule has 0 radical (unpaired) electrons. The van der Waals surface area contributed by atoms with Gasteiger partial charge in [-0.05, 0) is 18.2 Å². The third kappa shape index (κ3) is 5.48. The van der Waals surface area contributed by atoms with E-state index in [1.165, 1.54) is 6.92 Å². The van der Waals surface area contributed by atoms with Crippen LogP contribution in [0.1, 0.15) is 18.6 Å². The van der Waals surface area contributed by atoms with Crippen LogP contribution in [0, 0.1) is 0 Å². The van der Waals surface area contributed by atoms with E-state index >= 15 is 0 Å². The monoisotopic (exact) mass is 309 g/mol. The number of benzene rings is 1. The van der Waals surface area contributed by atoms with E-state index in [1.54, 1.807) is 0 Å². The number of amides is 1. The number of alkyl halides is 3. The smallest absolute Gasteiger partial charge is 0.508 e. The minimum absolute atomic E-state index is 0.377. The Morgan fingerprint density at radius 2 is 2.00 bits per heavy atom.